The maximum atomic E-state index is 13.9. The van der Waals surface area contributed by atoms with Crippen LogP contribution < -0.4 is 0 Å². The molecule has 0 spiro atoms. The Hall–Kier alpha value is -1.16. The zero-order valence-corrected chi connectivity index (χ0v) is 9.96. The summed E-state index contributed by atoms with van der Waals surface area (Å²) in [7, 11) is 0. The van der Waals surface area contributed by atoms with Crippen molar-refractivity contribution in [3.05, 3.63) is 35.6 Å². The predicted molar refractivity (Wildman–Crippen MR) is 62.6 cm³/mol. The Balaban J connectivity index is 2.16. The average Bonchev–Trinajstić information content (AvgIpc) is 2.30. The third kappa shape index (κ3) is 2.75. The Bertz CT molecular complexity index is 368. The molecular weight excluding hydrogens is 224 g/mol. The molecule has 1 atom stereocenters. The Labute approximate surface area is 100 Å². The fourth-order valence-corrected chi connectivity index (χ4v) is 2.24. The van der Waals surface area contributed by atoms with Gasteiger partial charge in [-0.1, -0.05) is 12.2 Å². The Morgan fingerprint density at radius 2 is 2.06 bits per heavy atom. The molecule has 0 saturated carbocycles. The van der Waals surface area contributed by atoms with E-state index in [1.54, 1.807) is 4.90 Å². The summed E-state index contributed by atoms with van der Waals surface area (Å²) < 4.78 is 33.0. The lowest BCUT2D eigenvalue weighted by atomic mass is 9.96. The van der Waals surface area contributed by atoms with E-state index in [2.05, 4.69) is 0 Å². The van der Waals surface area contributed by atoms with Crippen molar-refractivity contribution in [3.63, 3.8) is 0 Å². The molecule has 1 aliphatic carbocycles. The van der Waals surface area contributed by atoms with Crippen molar-refractivity contribution in [2.75, 3.05) is 26.3 Å². The minimum Gasteiger partial charge on any atom is -0.378 e. The summed E-state index contributed by atoms with van der Waals surface area (Å²) >= 11 is 0. The summed E-state index contributed by atoms with van der Waals surface area (Å²) in [5.41, 5.74) is 0.133. The monoisotopic (exact) mass is 241 g/mol. The van der Waals surface area contributed by atoms with E-state index >= 15 is 0 Å². The average molecular weight is 241 g/mol. The summed E-state index contributed by atoms with van der Waals surface area (Å²) in [6.07, 6.45) is 5.38. The first kappa shape index (κ1) is 12.3. The van der Waals surface area contributed by atoms with Gasteiger partial charge in [0.25, 0.3) is 0 Å². The molecule has 4 heteroatoms. The van der Waals surface area contributed by atoms with Crippen molar-refractivity contribution >= 4 is 0 Å². The SMILES string of the molecule is C/C=C/C1C=C(F)C(N2CCOCC2)=C(F)C1. The number of hydrogen-bond donors (Lipinski definition) is 0. The van der Waals surface area contributed by atoms with E-state index in [9.17, 15) is 8.78 Å². The van der Waals surface area contributed by atoms with E-state index in [-0.39, 0.29) is 23.9 Å². The zero-order valence-electron chi connectivity index (χ0n) is 9.96. The second-order valence-corrected chi connectivity index (χ2v) is 4.26. The molecule has 0 aromatic carbocycles. The number of halogens is 2. The van der Waals surface area contributed by atoms with Gasteiger partial charge in [0.15, 0.2) is 0 Å². The van der Waals surface area contributed by atoms with Gasteiger partial charge in [-0.15, -0.1) is 0 Å². The standard InChI is InChI=1S/C13H17F2NO/c1-2-3-10-8-11(14)13(12(15)9-10)16-4-6-17-7-5-16/h2-3,8,10H,4-7,9H2,1H3/b3-2+. The topological polar surface area (TPSA) is 12.5 Å². The lowest BCUT2D eigenvalue weighted by Crippen LogP contribution is -2.37. The highest BCUT2D eigenvalue weighted by atomic mass is 19.1. The van der Waals surface area contributed by atoms with Crippen molar-refractivity contribution in [1.29, 1.82) is 0 Å². The van der Waals surface area contributed by atoms with Gasteiger partial charge in [0.05, 0.1) is 13.2 Å². The second-order valence-electron chi connectivity index (χ2n) is 4.26. The molecule has 1 saturated heterocycles. The van der Waals surface area contributed by atoms with Gasteiger partial charge >= 0.3 is 0 Å². The Morgan fingerprint density at radius 3 is 2.65 bits per heavy atom. The number of hydrogen-bond acceptors (Lipinski definition) is 2. The molecule has 0 amide bonds. The lowest BCUT2D eigenvalue weighted by molar-refractivity contribution is 0.0515. The van der Waals surface area contributed by atoms with Crippen LogP contribution in [0.4, 0.5) is 8.78 Å². The van der Waals surface area contributed by atoms with Crippen LogP contribution in [0.1, 0.15) is 13.3 Å². The minimum absolute atomic E-state index is 0.133. The first-order chi connectivity index (χ1) is 8.22. The van der Waals surface area contributed by atoms with Crippen molar-refractivity contribution in [3.8, 4) is 0 Å². The van der Waals surface area contributed by atoms with E-state index in [1.807, 2.05) is 19.1 Å². The molecule has 0 aromatic rings. The van der Waals surface area contributed by atoms with Crippen LogP contribution in [0.25, 0.3) is 0 Å². The van der Waals surface area contributed by atoms with Gasteiger partial charge < -0.3 is 9.64 Å². The fourth-order valence-electron chi connectivity index (χ4n) is 2.24. The van der Waals surface area contributed by atoms with E-state index in [4.69, 9.17) is 4.74 Å². The van der Waals surface area contributed by atoms with E-state index in [1.165, 1.54) is 6.08 Å². The van der Waals surface area contributed by atoms with Gasteiger partial charge in [0.1, 0.15) is 17.4 Å². The second kappa shape index (κ2) is 5.45. The normalized spacial score (nSPS) is 26.6. The van der Waals surface area contributed by atoms with Gasteiger partial charge in [-0.2, -0.15) is 0 Å². The van der Waals surface area contributed by atoms with Gasteiger partial charge in [0, 0.05) is 25.4 Å². The molecule has 17 heavy (non-hydrogen) atoms. The van der Waals surface area contributed by atoms with Crippen molar-refractivity contribution in [2.24, 2.45) is 5.92 Å². The molecule has 2 nitrogen and oxygen atoms in total. The highest BCUT2D eigenvalue weighted by Gasteiger charge is 2.26. The Morgan fingerprint density at radius 1 is 1.35 bits per heavy atom. The van der Waals surface area contributed by atoms with Gasteiger partial charge in [-0.25, -0.2) is 8.78 Å². The van der Waals surface area contributed by atoms with Crippen molar-refractivity contribution in [1.82, 2.24) is 4.90 Å². The quantitative estimate of drug-likeness (QED) is 0.689. The smallest absolute Gasteiger partial charge is 0.145 e. The number of morpholine rings is 1. The van der Waals surface area contributed by atoms with Crippen LogP contribution in [0.5, 0.6) is 0 Å². The summed E-state index contributed by atoms with van der Waals surface area (Å²) in [4.78, 5) is 1.73. The number of rotatable bonds is 2. The zero-order chi connectivity index (χ0) is 12.3. The van der Waals surface area contributed by atoms with Crippen LogP contribution >= 0.6 is 0 Å². The van der Waals surface area contributed by atoms with Gasteiger partial charge in [-0.05, 0) is 13.0 Å². The predicted octanol–water partition coefficient (Wildman–Crippen LogP) is 2.95. The van der Waals surface area contributed by atoms with E-state index in [0.717, 1.165) is 0 Å². The maximum Gasteiger partial charge on any atom is 0.145 e. The van der Waals surface area contributed by atoms with Gasteiger partial charge in [0.2, 0.25) is 0 Å². The van der Waals surface area contributed by atoms with Crippen LogP contribution in [0.2, 0.25) is 0 Å². The first-order valence-electron chi connectivity index (χ1n) is 5.94. The van der Waals surface area contributed by atoms with Crippen molar-refractivity contribution in [2.45, 2.75) is 13.3 Å². The molecule has 94 valence electrons. The maximum absolute atomic E-state index is 13.9. The molecule has 1 fully saturated rings. The number of allylic oxidation sites excluding steroid dienone is 5. The number of nitrogens with zero attached hydrogens (tertiary/aromatic N) is 1. The summed E-state index contributed by atoms with van der Waals surface area (Å²) in [5, 5.41) is 0. The molecule has 0 bridgehead atoms. The molecule has 0 aromatic heterocycles. The summed E-state index contributed by atoms with van der Waals surface area (Å²) in [6, 6.07) is 0. The fraction of sp³-hybridized carbons (Fsp3) is 0.538. The van der Waals surface area contributed by atoms with E-state index in [0.29, 0.717) is 26.3 Å². The summed E-state index contributed by atoms with van der Waals surface area (Å²) in [5.74, 6) is -0.960. The molecule has 1 unspecified atom stereocenters. The van der Waals surface area contributed by atoms with Crippen LogP contribution in [-0.2, 0) is 4.74 Å². The largest absolute Gasteiger partial charge is 0.378 e. The minimum atomic E-state index is -0.446. The highest BCUT2D eigenvalue weighted by molar-refractivity contribution is 5.33. The van der Waals surface area contributed by atoms with Crippen LogP contribution in [0.15, 0.2) is 35.6 Å². The molecule has 1 aliphatic heterocycles. The van der Waals surface area contributed by atoms with E-state index < -0.39 is 5.83 Å². The third-order valence-corrected chi connectivity index (χ3v) is 3.03. The third-order valence-electron chi connectivity index (χ3n) is 3.03. The van der Waals surface area contributed by atoms with Crippen LogP contribution in [0, 0.1) is 5.92 Å². The highest BCUT2D eigenvalue weighted by Crippen LogP contribution is 2.33. The van der Waals surface area contributed by atoms with Crippen LogP contribution in [-0.4, -0.2) is 31.2 Å². The molecule has 2 aliphatic rings. The molecular formula is C13H17F2NO. The molecule has 1 heterocycles. The lowest BCUT2D eigenvalue weighted by Gasteiger charge is -2.32. The van der Waals surface area contributed by atoms with Crippen molar-refractivity contribution < 1.29 is 13.5 Å². The molecule has 0 N–H and O–H groups in total. The summed E-state index contributed by atoms with van der Waals surface area (Å²) in [6.45, 7) is 4.02. The molecule has 0 radical (unpaired) electrons. The van der Waals surface area contributed by atoms with Gasteiger partial charge in [-0.3, -0.25) is 0 Å². The number of ether oxygens (including phenoxy) is 1. The van der Waals surface area contributed by atoms with Crippen LogP contribution in [0.3, 0.4) is 0 Å². The first-order valence-corrected chi connectivity index (χ1v) is 5.94. The Kier molecular flexibility index (Phi) is 3.94. The molecule has 2 rings (SSSR count).